The van der Waals surface area contributed by atoms with E-state index in [-0.39, 0.29) is 29.4 Å². The van der Waals surface area contributed by atoms with Gasteiger partial charge in [0.1, 0.15) is 0 Å². The van der Waals surface area contributed by atoms with Crippen molar-refractivity contribution in [1.82, 2.24) is 14.5 Å². The quantitative estimate of drug-likeness (QED) is 0.594. The van der Waals surface area contributed by atoms with Crippen molar-refractivity contribution >= 4 is 28.6 Å². The molecule has 2 atom stereocenters. The van der Waals surface area contributed by atoms with E-state index < -0.39 is 0 Å². The number of hydrogen-bond donors (Lipinski definition) is 0. The van der Waals surface area contributed by atoms with Gasteiger partial charge in [-0.3, -0.25) is 14.2 Å². The van der Waals surface area contributed by atoms with Crippen LogP contribution in [0.15, 0.2) is 34.2 Å². The summed E-state index contributed by atoms with van der Waals surface area (Å²) in [7, 11) is 0. The molecule has 1 fully saturated rings. The molecule has 1 saturated heterocycles. The summed E-state index contributed by atoms with van der Waals surface area (Å²) in [4.78, 5) is 31.9. The summed E-state index contributed by atoms with van der Waals surface area (Å²) in [5.41, 5.74) is 0.634. The van der Waals surface area contributed by atoms with Gasteiger partial charge in [-0.05, 0) is 32.4 Å². The van der Waals surface area contributed by atoms with Gasteiger partial charge in [0.15, 0.2) is 5.16 Å². The minimum atomic E-state index is -0.0407. The van der Waals surface area contributed by atoms with Gasteiger partial charge in [0.25, 0.3) is 5.56 Å². The number of para-hydroxylation sites is 1. The van der Waals surface area contributed by atoms with Crippen LogP contribution in [0, 0.1) is 0 Å². The van der Waals surface area contributed by atoms with Crippen molar-refractivity contribution in [3.8, 4) is 0 Å². The first-order valence-corrected chi connectivity index (χ1v) is 10.0. The second kappa shape index (κ2) is 8.22. The summed E-state index contributed by atoms with van der Waals surface area (Å²) in [5.74, 6) is 0.330. The molecule has 2 heterocycles. The zero-order valence-corrected chi connectivity index (χ0v) is 16.3. The molecule has 1 aliphatic heterocycles. The lowest BCUT2D eigenvalue weighted by molar-refractivity contribution is -0.140. The number of carbonyl (C=O) groups is 1. The molecule has 1 aromatic heterocycles. The van der Waals surface area contributed by atoms with Crippen LogP contribution < -0.4 is 5.56 Å². The van der Waals surface area contributed by atoms with Crippen LogP contribution in [0.25, 0.3) is 10.9 Å². The van der Waals surface area contributed by atoms with Crippen molar-refractivity contribution in [3.63, 3.8) is 0 Å². The molecule has 0 spiro atoms. The predicted octanol–water partition coefficient (Wildman–Crippen LogP) is 2.53. The number of carbonyl (C=O) groups excluding carboxylic acids is 1. The normalized spacial score (nSPS) is 20.5. The summed E-state index contributed by atoms with van der Waals surface area (Å²) < 4.78 is 7.37. The molecule has 0 bridgehead atoms. The van der Waals surface area contributed by atoms with Crippen LogP contribution in [0.4, 0.5) is 0 Å². The van der Waals surface area contributed by atoms with Crippen molar-refractivity contribution in [1.29, 1.82) is 0 Å². The summed E-state index contributed by atoms with van der Waals surface area (Å²) in [6.45, 7) is 7.80. The first kappa shape index (κ1) is 18.9. The smallest absolute Gasteiger partial charge is 0.262 e. The van der Waals surface area contributed by atoms with E-state index in [0.717, 1.165) is 6.42 Å². The Hall–Kier alpha value is -1.86. The number of rotatable bonds is 5. The molecule has 26 heavy (non-hydrogen) atoms. The maximum atomic E-state index is 12.8. The first-order chi connectivity index (χ1) is 12.5. The van der Waals surface area contributed by atoms with Gasteiger partial charge in [0.2, 0.25) is 5.91 Å². The minimum absolute atomic E-state index is 0.0407. The van der Waals surface area contributed by atoms with Gasteiger partial charge in [-0.25, -0.2) is 4.98 Å². The number of benzene rings is 1. The SMILES string of the molecule is CCCn1c(SCC(=O)N2C[C@@H](C)O[C@@H](C)C2)nc2ccccc2c1=O. The highest BCUT2D eigenvalue weighted by Crippen LogP contribution is 2.20. The molecule has 1 amide bonds. The molecule has 0 unspecified atom stereocenters. The van der Waals surface area contributed by atoms with Crippen LogP contribution in [-0.2, 0) is 16.1 Å². The molecule has 0 aliphatic carbocycles. The predicted molar refractivity (Wildman–Crippen MR) is 104 cm³/mol. The topological polar surface area (TPSA) is 64.4 Å². The number of morpholine rings is 1. The van der Waals surface area contributed by atoms with Crippen LogP contribution in [0.1, 0.15) is 27.2 Å². The average Bonchev–Trinajstić information content (AvgIpc) is 2.61. The van der Waals surface area contributed by atoms with Crippen LogP contribution in [0.5, 0.6) is 0 Å². The highest BCUT2D eigenvalue weighted by molar-refractivity contribution is 7.99. The van der Waals surface area contributed by atoms with Crippen LogP contribution >= 0.6 is 11.8 Å². The highest BCUT2D eigenvalue weighted by Gasteiger charge is 2.26. The summed E-state index contributed by atoms with van der Waals surface area (Å²) >= 11 is 1.34. The van der Waals surface area contributed by atoms with E-state index in [9.17, 15) is 9.59 Å². The van der Waals surface area contributed by atoms with Gasteiger partial charge in [0.05, 0.1) is 28.9 Å². The van der Waals surface area contributed by atoms with E-state index in [4.69, 9.17) is 4.74 Å². The Balaban J connectivity index is 1.80. The number of thioether (sulfide) groups is 1. The zero-order valence-electron chi connectivity index (χ0n) is 15.5. The molecule has 1 aliphatic rings. The van der Waals surface area contributed by atoms with Crippen LogP contribution in [0.2, 0.25) is 0 Å². The maximum Gasteiger partial charge on any atom is 0.262 e. The van der Waals surface area contributed by atoms with Crippen molar-refractivity contribution < 1.29 is 9.53 Å². The van der Waals surface area contributed by atoms with E-state index in [1.54, 1.807) is 10.6 Å². The molecular weight excluding hydrogens is 350 g/mol. The molecular formula is C19H25N3O3S. The molecule has 1 aromatic carbocycles. The summed E-state index contributed by atoms with van der Waals surface area (Å²) in [6, 6.07) is 7.35. The van der Waals surface area contributed by atoms with Crippen LogP contribution in [-0.4, -0.2) is 51.4 Å². The lowest BCUT2D eigenvalue weighted by atomic mass is 10.2. The Morgan fingerprint density at radius 1 is 1.27 bits per heavy atom. The number of nitrogens with zero attached hydrogens (tertiary/aromatic N) is 3. The minimum Gasteiger partial charge on any atom is -0.372 e. The lowest BCUT2D eigenvalue weighted by Gasteiger charge is -2.35. The molecule has 6 nitrogen and oxygen atoms in total. The van der Waals surface area contributed by atoms with Crippen molar-refractivity contribution in [2.24, 2.45) is 0 Å². The fraction of sp³-hybridized carbons (Fsp3) is 0.526. The van der Waals surface area contributed by atoms with Gasteiger partial charge in [-0.2, -0.15) is 0 Å². The average molecular weight is 375 g/mol. The molecule has 140 valence electrons. The van der Waals surface area contributed by atoms with E-state index in [0.29, 0.717) is 35.7 Å². The van der Waals surface area contributed by atoms with Gasteiger partial charge in [-0.1, -0.05) is 30.8 Å². The van der Waals surface area contributed by atoms with Gasteiger partial charge >= 0.3 is 0 Å². The Bertz CT molecular complexity index is 842. The molecule has 0 saturated carbocycles. The third-order valence-corrected chi connectivity index (χ3v) is 5.33. The lowest BCUT2D eigenvalue weighted by Crippen LogP contribution is -2.48. The number of ether oxygens (including phenoxy) is 1. The summed E-state index contributed by atoms with van der Waals surface area (Å²) in [6.07, 6.45) is 0.925. The van der Waals surface area contributed by atoms with Crippen molar-refractivity contribution in [3.05, 3.63) is 34.6 Å². The largest absolute Gasteiger partial charge is 0.372 e. The first-order valence-electron chi connectivity index (χ1n) is 9.05. The van der Waals surface area contributed by atoms with Gasteiger partial charge < -0.3 is 9.64 Å². The zero-order chi connectivity index (χ0) is 18.7. The Labute approximate surface area is 157 Å². The molecule has 2 aromatic rings. The molecule has 7 heteroatoms. The summed E-state index contributed by atoms with van der Waals surface area (Å²) in [5, 5.41) is 1.23. The number of hydrogen-bond acceptors (Lipinski definition) is 5. The standard InChI is InChI=1S/C19H25N3O3S/c1-4-9-22-18(24)15-7-5-6-8-16(15)20-19(22)26-12-17(23)21-10-13(2)25-14(3)11-21/h5-8,13-14H,4,9-12H2,1-3H3/t13-,14+. The number of amides is 1. The van der Waals surface area contributed by atoms with Gasteiger partial charge in [0, 0.05) is 19.6 Å². The van der Waals surface area contributed by atoms with Crippen molar-refractivity contribution in [2.75, 3.05) is 18.8 Å². The molecule has 3 rings (SSSR count). The fourth-order valence-electron chi connectivity index (χ4n) is 3.28. The van der Waals surface area contributed by atoms with E-state index in [1.807, 2.05) is 43.9 Å². The van der Waals surface area contributed by atoms with Crippen molar-refractivity contribution in [2.45, 2.75) is 51.1 Å². The fourth-order valence-corrected chi connectivity index (χ4v) is 4.21. The van der Waals surface area contributed by atoms with E-state index >= 15 is 0 Å². The number of aromatic nitrogens is 2. The van der Waals surface area contributed by atoms with Crippen LogP contribution in [0.3, 0.4) is 0 Å². The third kappa shape index (κ3) is 4.10. The second-order valence-electron chi connectivity index (χ2n) is 6.71. The Morgan fingerprint density at radius 3 is 2.65 bits per heavy atom. The highest BCUT2D eigenvalue weighted by atomic mass is 32.2. The maximum absolute atomic E-state index is 12.8. The van der Waals surface area contributed by atoms with E-state index in [1.165, 1.54) is 11.8 Å². The molecule has 0 radical (unpaired) electrons. The monoisotopic (exact) mass is 375 g/mol. The Morgan fingerprint density at radius 2 is 1.96 bits per heavy atom. The second-order valence-corrected chi connectivity index (χ2v) is 7.66. The van der Waals surface area contributed by atoms with E-state index in [2.05, 4.69) is 4.98 Å². The number of fused-ring (bicyclic) bond motifs is 1. The van der Waals surface area contributed by atoms with Gasteiger partial charge in [-0.15, -0.1) is 0 Å². The third-order valence-electron chi connectivity index (χ3n) is 4.37. The Kier molecular flexibility index (Phi) is 5.98. The molecule has 0 N–H and O–H groups in total.